The van der Waals surface area contributed by atoms with Crippen molar-refractivity contribution in [3.05, 3.63) is 229 Å². The molecule has 0 bridgehead atoms. The van der Waals surface area contributed by atoms with E-state index >= 15 is 0 Å². The molecule has 0 N–H and O–H groups in total. The molecule has 1 heterocycles. The lowest BCUT2D eigenvalue weighted by Crippen LogP contribution is -2.28. The fraction of sp³-hybridized carbons (Fsp3) is 0.0182. The standard InChI is InChI=1S/C55H34O/c1-3-15-38(16-4-1)55(39-17-5-2-6-18-39)48-25-13-11-19-41(48)42-31-28-37(34-49(42)55)53-45-22-9-7-20-43(45)52(44-21-8-10-23-46(44)53)36-27-30-40-35(33-36)29-32-51-54(40)47-24-12-14-26-50(47)56-51/h1-34H. The minimum absolute atomic E-state index is 0.465. The Labute approximate surface area is 324 Å². The molecule has 1 aliphatic carbocycles. The van der Waals surface area contributed by atoms with Crippen LogP contribution in [0.1, 0.15) is 22.3 Å². The Morgan fingerprint density at radius 1 is 0.321 bits per heavy atom. The van der Waals surface area contributed by atoms with Crippen molar-refractivity contribution in [1.29, 1.82) is 0 Å². The minimum Gasteiger partial charge on any atom is -0.456 e. The van der Waals surface area contributed by atoms with Crippen LogP contribution in [-0.2, 0) is 5.41 Å². The summed E-state index contributed by atoms with van der Waals surface area (Å²) in [6, 6.07) is 76.0. The van der Waals surface area contributed by atoms with Crippen LogP contribution in [0.5, 0.6) is 0 Å². The maximum Gasteiger partial charge on any atom is 0.136 e. The number of furan rings is 1. The van der Waals surface area contributed by atoms with Gasteiger partial charge in [-0.2, -0.15) is 0 Å². The van der Waals surface area contributed by atoms with Gasteiger partial charge in [-0.05, 0) is 112 Å². The zero-order chi connectivity index (χ0) is 36.8. The molecule has 1 aliphatic rings. The van der Waals surface area contributed by atoms with Crippen LogP contribution in [0.15, 0.2) is 211 Å². The maximum atomic E-state index is 6.25. The highest BCUT2D eigenvalue weighted by Crippen LogP contribution is 2.57. The molecule has 0 saturated carbocycles. The average Bonchev–Trinajstić information content (AvgIpc) is 3.80. The molecule has 56 heavy (non-hydrogen) atoms. The zero-order valence-corrected chi connectivity index (χ0v) is 30.5. The molecule has 10 aromatic carbocycles. The summed E-state index contributed by atoms with van der Waals surface area (Å²) in [6.45, 7) is 0. The second-order valence-corrected chi connectivity index (χ2v) is 15.1. The SMILES string of the molecule is c1ccc(C2(c3ccccc3)c3ccccc3-c3ccc(-c4c5ccccc5c(-c5ccc6c(ccc7oc8ccccc8c76)c5)c5ccccc45)cc32)cc1. The summed E-state index contributed by atoms with van der Waals surface area (Å²) >= 11 is 0. The average molecular weight is 711 g/mol. The maximum absolute atomic E-state index is 6.25. The first-order valence-corrected chi connectivity index (χ1v) is 19.4. The van der Waals surface area contributed by atoms with Crippen LogP contribution in [0.3, 0.4) is 0 Å². The Hall–Kier alpha value is -7.22. The van der Waals surface area contributed by atoms with Gasteiger partial charge in [-0.1, -0.05) is 182 Å². The number of rotatable bonds is 4. The first-order chi connectivity index (χ1) is 27.8. The molecule has 0 fully saturated rings. The third-order valence-electron chi connectivity index (χ3n) is 12.3. The molecule has 0 amide bonds. The molecule has 0 unspecified atom stereocenters. The van der Waals surface area contributed by atoms with Crippen molar-refractivity contribution in [3.8, 4) is 33.4 Å². The number of hydrogen-bond acceptors (Lipinski definition) is 1. The second kappa shape index (κ2) is 11.9. The van der Waals surface area contributed by atoms with Crippen LogP contribution >= 0.6 is 0 Å². The van der Waals surface area contributed by atoms with E-state index in [0.717, 1.165) is 16.6 Å². The number of fused-ring (bicyclic) bond motifs is 10. The van der Waals surface area contributed by atoms with Crippen molar-refractivity contribution >= 4 is 54.3 Å². The van der Waals surface area contributed by atoms with Gasteiger partial charge in [-0.15, -0.1) is 0 Å². The topological polar surface area (TPSA) is 13.1 Å². The minimum atomic E-state index is -0.465. The summed E-state index contributed by atoms with van der Waals surface area (Å²) in [5.41, 5.74) is 14.1. The van der Waals surface area contributed by atoms with Crippen molar-refractivity contribution in [2.24, 2.45) is 0 Å². The van der Waals surface area contributed by atoms with Crippen LogP contribution in [-0.4, -0.2) is 0 Å². The van der Waals surface area contributed by atoms with Crippen molar-refractivity contribution in [3.63, 3.8) is 0 Å². The van der Waals surface area contributed by atoms with E-state index in [-0.39, 0.29) is 0 Å². The number of para-hydroxylation sites is 1. The Bertz CT molecular complexity index is 3250. The van der Waals surface area contributed by atoms with E-state index in [1.807, 2.05) is 6.07 Å². The van der Waals surface area contributed by atoms with Crippen molar-refractivity contribution in [2.45, 2.75) is 5.41 Å². The van der Waals surface area contributed by atoms with Gasteiger partial charge in [0.2, 0.25) is 0 Å². The molecule has 1 nitrogen and oxygen atoms in total. The van der Waals surface area contributed by atoms with E-state index in [9.17, 15) is 0 Å². The van der Waals surface area contributed by atoms with Gasteiger partial charge in [-0.25, -0.2) is 0 Å². The van der Waals surface area contributed by atoms with E-state index in [1.54, 1.807) is 0 Å². The second-order valence-electron chi connectivity index (χ2n) is 15.1. The molecule has 0 atom stereocenters. The first-order valence-electron chi connectivity index (χ1n) is 19.4. The normalized spacial score (nSPS) is 13.1. The van der Waals surface area contributed by atoms with E-state index in [4.69, 9.17) is 4.42 Å². The highest BCUT2D eigenvalue weighted by Gasteiger charge is 2.46. The van der Waals surface area contributed by atoms with Crippen LogP contribution in [0.25, 0.3) is 87.6 Å². The third-order valence-corrected chi connectivity index (χ3v) is 12.3. The van der Waals surface area contributed by atoms with Gasteiger partial charge < -0.3 is 4.42 Å². The van der Waals surface area contributed by atoms with Gasteiger partial charge in [-0.3, -0.25) is 0 Å². The Balaban J connectivity index is 1.13. The lowest BCUT2D eigenvalue weighted by atomic mass is 9.67. The summed E-state index contributed by atoms with van der Waals surface area (Å²) in [4.78, 5) is 0. The van der Waals surface area contributed by atoms with Gasteiger partial charge in [0.15, 0.2) is 0 Å². The fourth-order valence-corrected chi connectivity index (χ4v) is 10.1. The summed E-state index contributed by atoms with van der Waals surface area (Å²) in [5.74, 6) is 0. The lowest BCUT2D eigenvalue weighted by molar-refractivity contribution is 0.669. The fourth-order valence-electron chi connectivity index (χ4n) is 10.1. The molecular weight excluding hydrogens is 677 g/mol. The smallest absolute Gasteiger partial charge is 0.136 e. The highest BCUT2D eigenvalue weighted by molar-refractivity contribution is 6.23. The third kappa shape index (κ3) is 4.26. The van der Waals surface area contributed by atoms with E-state index in [1.165, 1.54) is 93.3 Å². The molecule has 0 radical (unpaired) electrons. The molecule has 1 heteroatoms. The Morgan fingerprint density at radius 2 is 0.839 bits per heavy atom. The van der Waals surface area contributed by atoms with E-state index in [2.05, 4.69) is 200 Å². The molecular formula is C55H34O. The molecule has 260 valence electrons. The summed E-state index contributed by atoms with van der Waals surface area (Å²) in [5, 5.41) is 9.73. The largest absolute Gasteiger partial charge is 0.456 e. The van der Waals surface area contributed by atoms with Gasteiger partial charge in [0.25, 0.3) is 0 Å². The van der Waals surface area contributed by atoms with Crippen molar-refractivity contribution in [2.75, 3.05) is 0 Å². The predicted octanol–water partition coefficient (Wildman–Crippen LogP) is 14.7. The Kier molecular flexibility index (Phi) is 6.62. The van der Waals surface area contributed by atoms with Crippen LogP contribution in [0.4, 0.5) is 0 Å². The first kappa shape index (κ1) is 31.2. The van der Waals surface area contributed by atoms with Gasteiger partial charge in [0, 0.05) is 10.8 Å². The highest BCUT2D eigenvalue weighted by atomic mass is 16.3. The number of benzene rings is 10. The van der Waals surface area contributed by atoms with Crippen LogP contribution in [0.2, 0.25) is 0 Å². The lowest BCUT2D eigenvalue weighted by Gasteiger charge is -2.34. The predicted molar refractivity (Wildman–Crippen MR) is 234 cm³/mol. The molecule has 0 aliphatic heterocycles. The molecule has 0 spiro atoms. The van der Waals surface area contributed by atoms with E-state index in [0.29, 0.717) is 0 Å². The van der Waals surface area contributed by atoms with Gasteiger partial charge in [0.1, 0.15) is 11.2 Å². The summed E-state index contributed by atoms with van der Waals surface area (Å²) < 4.78 is 6.25. The van der Waals surface area contributed by atoms with Crippen LogP contribution in [0, 0.1) is 0 Å². The quantitative estimate of drug-likeness (QED) is 0.166. The molecule has 12 rings (SSSR count). The van der Waals surface area contributed by atoms with Crippen LogP contribution < -0.4 is 0 Å². The molecule has 0 saturated heterocycles. The van der Waals surface area contributed by atoms with Gasteiger partial charge in [0.05, 0.1) is 5.41 Å². The van der Waals surface area contributed by atoms with Crippen molar-refractivity contribution in [1.82, 2.24) is 0 Å². The molecule has 1 aromatic heterocycles. The van der Waals surface area contributed by atoms with Crippen molar-refractivity contribution < 1.29 is 4.42 Å². The monoisotopic (exact) mass is 710 g/mol. The Morgan fingerprint density at radius 3 is 1.50 bits per heavy atom. The zero-order valence-electron chi connectivity index (χ0n) is 30.5. The summed E-state index contributed by atoms with van der Waals surface area (Å²) in [6.07, 6.45) is 0. The van der Waals surface area contributed by atoms with E-state index < -0.39 is 5.41 Å². The number of hydrogen-bond donors (Lipinski definition) is 0. The van der Waals surface area contributed by atoms with Gasteiger partial charge >= 0.3 is 0 Å². The molecule has 11 aromatic rings. The summed E-state index contributed by atoms with van der Waals surface area (Å²) in [7, 11) is 0.